The van der Waals surface area contributed by atoms with Gasteiger partial charge in [0.2, 0.25) is 11.8 Å². The summed E-state index contributed by atoms with van der Waals surface area (Å²) in [6.07, 6.45) is 2.62. The molecule has 0 aliphatic rings. The van der Waals surface area contributed by atoms with Gasteiger partial charge in [-0.25, -0.2) is 0 Å². The molecule has 0 saturated heterocycles. The number of amides is 2. The molecule has 0 radical (unpaired) electrons. The van der Waals surface area contributed by atoms with Crippen LogP contribution in [0.3, 0.4) is 0 Å². The predicted molar refractivity (Wildman–Crippen MR) is 111 cm³/mol. The van der Waals surface area contributed by atoms with Gasteiger partial charge in [0.25, 0.3) is 0 Å². The molecule has 5 heteroatoms. The summed E-state index contributed by atoms with van der Waals surface area (Å²) in [7, 11) is 0. The topological polar surface area (TPSA) is 62.6 Å². The van der Waals surface area contributed by atoms with Crippen LogP contribution in [0.4, 0.5) is 5.69 Å². The van der Waals surface area contributed by atoms with Crippen molar-refractivity contribution in [3.63, 3.8) is 0 Å². The molecule has 28 heavy (non-hydrogen) atoms. The van der Waals surface area contributed by atoms with Gasteiger partial charge in [-0.3, -0.25) is 9.59 Å². The molecule has 2 amide bonds. The average Bonchev–Trinajstić information content (AvgIpc) is 3.07. The number of hydrogen-bond acceptors (Lipinski definition) is 3. The minimum Gasteiger partial charge on any atom is -0.464 e. The highest BCUT2D eigenvalue weighted by Crippen LogP contribution is 2.23. The third kappa shape index (κ3) is 4.42. The van der Waals surface area contributed by atoms with Crippen LogP contribution in [0.5, 0.6) is 0 Å². The molecule has 3 rings (SSSR count). The van der Waals surface area contributed by atoms with Gasteiger partial charge in [-0.2, -0.15) is 0 Å². The van der Waals surface area contributed by atoms with E-state index < -0.39 is 6.04 Å². The van der Waals surface area contributed by atoms with Crippen LogP contribution in [-0.2, 0) is 16.0 Å². The van der Waals surface area contributed by atoms with E-state index in [0.29, 0.717) is 6.54 Å². The third-order valence-electron chi connectivity index (χ3n) is 4.83. The van der Waals surface area contributed by atoms with E-state index in [9.17, 15) is 9.59 Å². The lowest BCUT2D eigenvalue weighted by atomic mass is 10.1. The zero-order chi connectivity index (χ0) is 20.1. The number of fused-ring (bicyclic) bond motifs is 1. The molecule has 1 N–H and O–H groups in total. The lowest BCUT2D eigenvalue weighted by molar-refractivity contribution is -0.137. The maximum atomic E-state index is 13.0. The fourth-order valence-electron chi connectivity index (χ4n) is 3.28. The molecule has 0 bridgehead atoms. The van der Waals surface area contributed by atoms with Gasteiger partial charge >= 0.3 is 0 Å². The van der Waals surface area contributed by atoms with Crippen molar-refractivity contribution in [2.45, 2.75) is 39.7 Å². The van der Waals surface area contributed by atoms with E-state index in [4.69, 9.17) is 4.42 Å². The number of carbonyl (C=O) groups excluding carboxylic acids is 2. The van der Waals surface area contributed by atoms with Crippen LogP contribution < -0.4 is 5.32 Å². The summed E-state index contributed by atoms with van der Waals surface area (Å²) in [5.41, 5.74) is 3.45. The molecule has 1 heterocycles. The van der Waals surface area contributed by atoms with Crippen molar-refractivity contribution in [1.82, 2.24) is 4.90 Å². The van der Waals surface area contributed by atoms with E-state index in [0.717, 1.165) is 34.2 Å². The summed E-state index contributed by atoms with van der Waals surface area (Å²) < 4.78 is 5.61. The second-order valence-corrected chi connectivity index (χ2v) is 7.06. The number of para-hydroxylation sites is 1. The Labute approximate surface area is 165 Å². The molecule has 1 aromatic heterocycles. The van der Waals surface area contributed by atoms with Crippen LogP contribution in [-0.4, -0.2) is 29.3 Å². The van der Waals surface area contributed by atoms with E-state index in [-0.39, 0.29) is 18.2 Å². The molecule has 3 aromatic rings. The normalized spacial score (nSPS) is 12.0. The molecule has 0 spiro atoms. The monoisotopic (exact) mass is 378 g/mol. The van der Waals surface area contributed by atoms with Crippen LogP contribution in [0, 0.1) is 6.92 Å². The molecule has 0 saturated carbocycles. The molecule has 1 unspecified atom stereocenters. The summed E-state index contributed by atoms with van der Waals surface area (Å²) in [6.45, 7) is 6.29. The smallest absolute Gasteiger partial charge is 0.246 e. The maximum Gasteiger partial charge on any atom is 0.246 e. The quantitative estimate of drug-likeness (QED) is 0.656. The van der Waals surface area contributed by atoms with Gasteiger partial charge in [-0.1, -0.05) is 37.3 Å². The Morgan fingerprint density at radius 1 is 1.14 bits per heavy atom. The Morgan fingerprint density at radius 3 is 2.61 bits per heavy atom. The van der Waals surface area contributed by atoms with Gasteiger partial charge in [0.05, 0.1) is 12.7 Å². The number of hydrogen-bond donors (Lipinski definition) is 1. The van der Waals surface area contributed by atoms with Crippen molar-refractivity contribution in [2.24, 2.45) is 0 Å². The van der Waals surface area contributed by atoms with Crippen molar-refractivity contribution in [1.29, 1.82) is 0 Å². The van der Waals surface area contributed by atoms with Crippen molar-refractivity contribution >= 4 is 28.5 Å². The predicted octanol–water partition coefficient (Wildman–Crippen LogP) is 4.55. The first-order valence-corrected chi connectivity index (χ1v) is 9.61. The second-order valence-electron chi connectivity index (χ2n) is 7.06. The van der Waals surface area contributed by atoms with E-state index in [1.807, 2.05) is 62.4 Å². The fraction of sp³-hybridized carbons (Fsp3) is 0.304. The van der Waals surface area contributed by atoms with Gasteiger partial charge in [-0.05, 0) is 44.0 Å². The summed E-state index contributed by atoms with van der Waals surface area (Å²) >= 11 is 0. The number of rotatable bonds is 7. The lowest BCUT2D eigenvalue weighted by Gasteiger charge is -2.28. The Balaban J connectivity index is 1.74. The van der Waals surface area contributed by atoms with Crippen molar-refractivity contribution in [3.05, 3.63) is 65.9 Å². The highest BCUT2D eigenvalue weighted by molar-refractivity contribution is 5.97. The van der Waals surface area contributed by atoms with Gasteiger partial charge < -0.3 is 14.6 Å². The number of anilines is 1. The number of nitrogens with one attached hydrogen (secondary N) is 1. The molecular formula is C23H26N2O3. The Bertz CT molecular complexity index is 962. The van der Waals surface area contributed by atoms with E-state index >= 15 is 0 Å². The van der Waals surface area contributed by atoms with Gasteiger partial charge in [-0.15, -0.1) is 0 Å². The van der Waals surface area contributed by atoms with E-state index in [1.54, 1.807) is 18.1 Å². The summed E-state index contributed by atoms with van der Waals surface area (Å²) in [5, 5.41) is 3.82. The summed E-state index contributed by atoms with van der Waals surface area (Å²) in [6, 6.07) is 14.7. The molecular weight excluding hydrogens is 352 g/mol. The van der Waals surface area contributed by atoms with Crippen molar-refractivity contribution < 1.29 is 14.0 Å². The number of aryl methyl sites for hydroxylation is 1. The van der Waals surface area contributed by atoms with E-state index in [2.05, 4.69) is 5.32 Å². The number of carbonyl (C=O) groups is 2. The molecule has 2 aromatic carbocycles. The number of nitrogens with zero attached hydrogens (tertiary/aromatic N) is 1. The van der Waals surface area contributed by atoms with Crippen molar-refractivity contribution in [3.8, 4) is 0 Å². The molecule has 146 valence electrons. The number of furan rings is 1. The zero-order valence-corrected chi connectivity index (χ0v) is 16.6. The molecule has 0 aliphatic heterocycles. The SMILES string of the molecule is CCCN(C(=O)Cc1coc2cc(C)ccc12)C(C)C(=O)Nc1ccccc1. The number of benzene rings is 2. The maximum absolute atomic E-state index is 13.0. The first kappa shape index (κ1) is 19.7. The largest absolute Gasteiger partial charge is 0.464 e. The third-order valence-corrected chi connectivity index (χ3v) is 4.83. The Morgan fingerprint density at radius 2 is 1.89 bits per heavy atom. The minimum absolute atomic E-state index is 0.0826. The van der Waals surface area contributed by atoms with Crippen molar-refractivity contribution in [2.75, 3.05) is 11.9 Å². The molecule has 0 aliphatic carbocycles. The average molecular weight is 378 g/mol. The standard InChI is InChI=1S/C23H26N2O3/c1-4-12-25(17(3)23(27)24-19-8-6-5-7-9-19)22(26)14-18-15-28-21-13-16(2)10-11-20(18)21/h5-11,13,15,17H,4,12,14H2,1-3H3,(H,24,27). The molecule has 1 atom stereocenters. The fourth-order valence-corrected chi connectivity index (χ4v) is 3.28. The van der Waals surface area contributed by atoms with Crippen LogP contribution in [0.15, 0.2) is 59.2 Å². The lowest BCUT2D eigenvalue weighted by Crippen LogP contribution is -2.46. The molecule has 5 nitrogen and oxygen atoms in total. The van der Waals surface area contributed by atoms with Crippen LogP contribution in [0.2, 0.25) is 0 Å². The Hall–Kier alpha value is -3.08. The van der Waals surface area contributed by atoms with Gasteiger partial charge in [0.1, 0.15) is 11.6 Å². The summed E-state index contributed by atoms with van der Waals surface area (Å²) in [4.78, 5) is 27.3. The first-order valence-electron chi connectivity index (χ1n) is 9.61. The highest BCUT2D eigenvalue weighted by atomic mass is 16.3. The first-order chi connectivity index (χ1) is 13.5. The van der Waals surface area contributed by atoms with E-state index in [1.165, 1.54) is 0 Å². The van der Waals surface area contributed by atoms with Crippen LogP contribution in [0.25, 0.3) is 11.0 Å². The van der Waals surface area contributed by atoms with Gasteiger partial charge in [0, 0.05) is 23.2 Å². The van der Waals surface area contributed by atoms with Gasteiger partial charge in [0.15, 0.2) is 0 Å². The van der Waals surface area contributed by atoms with Crippen LogP contribution >= 0.6 is 0 Å². The zero-order valence-electron chi connectivity index (χ0n) is 16.6. The Kier molecular flexibility index (Phi) is 6.14. The minimum atomic E-state index is -0.562. The summed E-state index contributed by atoms with van der Waals surface area (Å²) in [5.74, 6) is -0.276. The second kappa shape index (κ2) is 8.74. The van der Waals surface area contributed by atoms with Crippen LogP contribution in [0.1, 0.15) is 31.4 Å². The highest BCUT2D eigenvalue weighted by Gasteiger charge is 2.26. The molecule has 0 fully saturated rings.